The van der Waals surface area contributed by atoms with E-state index < -0.39 is 0 Å². The molecule has 0 aromatic heterocycles. The molecule has 3 nitrogen and oxygen atoms in total. The molecule has 0 bridgehead atoms. The Morgan fingerprint density at radius 1 is 0.633 bits per heavy atom. The van der Waals surface area contributed by atoms with Crippen molar-refractivity contribution in [1.29, 1.82) is 0 Å². The van der Waals surface area contributed by atoms with E-state index in [1.165, 1.54) is 53.6 Å². The third-order valence-electron chi connectivity index (χ3n) is 5.59. The Morgan fingerprint density at radius 3 is 1.73 bits per heavy atom. The van der Waals surface area contributed by atoms with Crippen molar-refractivity contribution >= 4 is 5.69 Å². The molecule has 0 atom stereocenters. The molecule has 0 N–H and O–H groups in total. The third kappa shape index (κ3) is 7.77. The van der Waals surface area contributed by atoms with Crippen molar-refractivity contribution in [2.45, 2.75) is 59.0 Å². The monoisotopic (exact) mass is 409 g/mol. The summed E-state index contributed by atoms with van der Waals surface area (Å²) >= 11 is 0. The van der Waals surface area contributed by atoms with Crippen LogP contribution in [0.1, 0.15) is 61.8 Å². The van der Waals surface area contributed by atoms with Gasteiger partial charge in [0, 0.05) is 31.9 Å². The maximum atomic E-state index is 2.59. The van der Waals surface area contributed by atoms with E-state index in [1.54, 1.807) is 0 Å². The molecule has 0 saturated heterocycles. The zero-order valence-corrected chi connectivity index (χ0v) is 20.2. The molecular weight excluding hydrogens is 366 g/mol. The highest BCUT2D eigenvalue weighted by molar-refractivity contribution is 5.52. The molecule has 2 aromatic carbocycles. The van der Waals surface area contributed by atoms with Crippen molar-refractivity contribution in [2.24, 2.45) is 0 Å². The minimum atomic E-state index is 0.981. The molecule has 2 aromatic rings. The highest BCUT2D eigenvalue weighted by Gasteiger charge is 2.12. The van der Waals surface area contributed by atoms with Crippen molar-refractivity contribution in [2.75, 3.05) is 46.2 Å². The summed E-state index contributed by atoms with van der Waals surface area (Å²) in [5.41, 5.74) is 7.15. The molecule has 2 rings (SSSR count). The van der Waals surface area contributed by atoms with Crippen LogP contribution in [-0.2, 0) is 19.5 Å². The van der Waals surface area contributed by atoms with Gasteiger partial charge in [0.25, 0.3) is 0 Å². The van der Waals surface area contributed by atoms with Gasteiger partial charge < -0.3 is 14.7 Å². The Morgan fingerprint density at radius 2 is 1.17 bits per heavy atom. The summed E-state index contributed by atoms with van der Waals surface area (Å²) in [6.45, 7) is 8.84. The second-order valence-electron chi connectivity index (χ2n) is 9.07. The highest BCUT2D eigenvalue weighted by Crippen LogP contribution is 2.25. The van der Waals surface area contributed by atoms with Crippen LogP contribution in [-0.4, -0.2) is 51.1 Å². The molecule has 166 valence electrons. The smallest absolute Gasteiger partial charge is 0.0369 e. The number of unbranched alkanes of at least 4 members (excludes halogenated alkanes) is 2. The van der Waals surface area contributed by atoms with Crippen molar-refractivity contribution < 1.29 is 0 Å². The van der Waals surface area contributed by atoms with Gasteiger partial charge in [-0.2, -0.15) is 0 Å². The van der Waals surface area contributed by atoms with Crippen molar-refractivity contribution in [1.82, 2.24) is 9.80 Å². The van der Waals surface area contributed by atoms with Gasteiger partial charge in [-0.05, 0) is 81.8 Å². The molecule has 0 fully saturated rings. The lowest BCUT2D eigenvalue weighted by Crippen LogP contribution is -2.26. The van der Waals surface area contributed by atoms with Crippen molar-refractivity contribution in [3.05, 3.63) is 64.7 Å². The first-order chi connectivity index (χ1) is 14.4. The number of benzene rings is 2. The number of nitrogens with zero attached hydrogens (tertiary/aromatic N) is 3. The van der Waals surface area contributed by atoms with E-state index in [2.05, 4.69) is 99.2 Å². The predicted octanol–water partition coefficient (Wildman–Crippen LogP) is 5.81. The standard InChI is InChI=1S/C27H43N3/c1-7-9-17-30(18-10-8-2)27-16-15-24(26(20-27)22-29(5)6)19-23-13-11-12-14-25(23)21-28(3)4/h11-16,20H,7-10,17-19,21-22H2,1-6H3. The van der Waals surface area contributed by atoms with Crippen LogP contribution in [0.3, 0.4) is 0 Å². The molecule has 0 saturated carbocycles. The number of rotatable bonds is 13. The highest BCUT2D eigenvalue weighted by atomic mass is 15.1. The molecule has 0 amide bonds. The van der Waals surface area contributed by atoms with Crippen LogP contribution in [0.25, 0.3) is 0 Å². The summed E-state index contributed by atoms with van der Waals surface area (Å²) in [5, 5.41) is 0. The average Bonchev–Trinajstić information content (AvgIpc) is 2.70. The van der Waals surface area contributed by atoms with Gasteiger partial charge in [0.2, 0.25) is 0 Å². The van der Waals surface area contributed by atoms with Gasteiger partial charge in [0.15, 0.2) is 0 Å². The summed E-state index contributed by atoms with van der Waals surface area (Å²) in [6.07, 6.45) is 6.00. The Labute approximate surface area is 185 Å². The summed E-state index contributed by atoms with van der Waals surface area (Å²) in [7, 11) is 8.62. The Hall–Kier alpha value is -1.84. The first-order valence-electron chi connectivity index (χ1n) is 11.7. The van der Waals surface area contributed by atoms with Crippen LogP contribution >= 0.6 is 0 Å². The second-order valence-corrected chi connectivity index (χ2v) is 9.07. The molecule has 0 spiro atoms. The molecule has 0 unspecified atom stereocenters. The van der Waals surface area contributed by atoms with Gasteiger partial charge in [-0.15, -0.1) is 0 Å². The van der Waals surface area contributed by atoms with E-state index in [9.17, 15) is 0 Å². The van der Waals surface area contributed by atoms with Gasteiger partial charge in [0.05, 0.1) is 0 Å². The van der Waals surface area contributed by atoms with Crippen LogP contribution in [0.15, 0.2) is 42.5 Å². The summed E-state index contributed by atoms with van der Waals surface area (Å²) in [4.78, 5) is 7.13. The van der Waals surface area contributed by atoms with Crippen LogP contribution in [0.2, 0.25) is 0 Å². The fourth-order valence-electron chi connectivity index (χ4n) is 3.97. The molecule has 0 aliphatic rings. The Bertz CT molecular complexity index is 744. The first kappa shape index (κ1) is 24.4. The van der Waals surface area contributed by atoms with E-state index in [0.717, 1.165) is 32.6 Å². The zero-order chi connectivity index (χ0) is 21.9. The number of hydrogen-bond donors (Lipinski definition) is 0. The molecule has 3 heteroatoms. The van der Waals surface area contributed by atoms with Crippen LogP contribution in [0.4, 0.5) is 5.69 Å². The van der Waals surface area contributed by atoms with E-state index in [4.69, 9.17) is 0 Å². The van der Waals surface area contributed by atoms with E-state index >= 15 is 0 Å². The summed E-state index contributed by atoms with van der Waals surface area (Å²) in [5.74, 6) is 0. The maximum absolute atomic E-state index is 2.59. The van der Waals surface area contributed by atoms with Gasteiger partial charge in [0.1, 0.15) is 0 Å². The fraction of sp³-hybridized carbons (Fsp3) is 0.556. The van der Waals surface area contributed by atoms with Gasteiger partial charge >= 0.3 is 0 Å². The topological polar surface area (TPSA) is 9.72 Å². The molecule has 0 radical (unpaired) electrons. The summed E-state index contributed by atoms with van der Waals surface area (Å²) in [6, 6.07) is 16.1. The van der Waals surface area contributed by atoms with Crippen LogP contribution in [0.5, 0.6) is 0 Å². The van der Waals surface area contributed by atoms with Gasteiger partial charge in [-0.1, -0.05) is 57.0 Å². The van der Waals surface area contributed by atoms with Crippen LogP contribution in [0, 0.1) is 0 Å². The van der Waals surface area contributed by atoms with Gasteiger partial charge in [-0.3, -0.25) is 0 Å². The minimum Gasteiger partial charge on any atom is -0.372 e. The molecular formula is C27H43N3. The van der Waals surface area contributed by atoms with Gasteiger partial charge in [-0.25, -0.2) is 0 Å². The molecule has 0 aliphatic heterocycles. The lowest BCUT2D eigenvalue weighted by Gasteiger charge is -2.27. The largest absolute Gasteiger partial charge is 0.372 e. The van der Waals surface area contributed by atoms with Crippen molar-refractivity contribution in [3.8, 4) is 0 Å². The Balaban J connectivity index is 2.34. The average molecular weight is 410 g/mol. The zero-order valence-electron chi connectivity index (χ0n) is 20.2. The van der Waals surface area contributed by atoms with E-state index in [-0.39, 0.29) is 0 Å². The molecule has 30 heavy (non-hydrogen) atoms. The number of hydrogen-bond acceptors (Lipinski definition) is 3. The quantitative estimate of drug-likeness (QED) is 0.413. The lowest BCUT2D eigenvalue weighted by molar-refractivity contribution is 0.399. The SMILES string of the molecule is CCCCN(CCCC)c1ccc(Cc2ccccc2CN(C)C)c(CN(C)C)c1. The number of anilines is 1. The van der Waals surface area contributed by atoms with E-state index in [1.807, 2.05) is 0 Å². The molecule has 0 heterocycles. The minimum absolute atomic E-state index is 0.981. The lowest BCUT2D eigenvalue weighted by atomic mass is 9.95. The Kier molecular flexibility index (Phi) is 10.4. The predicted molar refractivity (Wildman–Crippen MR) is 133 cm³/mol. The fourth-order valence-corrected chi connectivity index (χ4v) is 3.97. The normalized spacial score (nSPS) is 11.5. The maximum Gasteiger partial charge on any atom is 0.0369 e. The second kappa shape index (κ2) is 12.8. The van der Waals surface area contributed by atoms with Crippen LogP contribution < -0.4 is 4.90 Å². The molecule has 0 aliphatic carbocycles. The van der Waals surface area contributed by atoms with E-state index in [0.29, 0.717) is 0 Å². The third-order valence-corrected chi connectivity index (χ3v) is 5.59. The summed E-state index contributed by atoms with van der Waals surface area (Å²) < 4.78 is 0. The van der Waals surface area contributed by atoms with Crippen molar-refractivity contribution in [3.63, 3.8) is 0 Å². The first-order valence-corrected chi connectivity index (χ1v) is 11.7.